The fourth-order valence-electron chi connectivity index (χ4n) is 4.74. The van der Waals surface area contributed by atoms with Gasteiger partial charge < -0.3 is 14.6 Å². The number of carbonyl (C=O) groups excluding carboxylic acids is 2. The van der Waals surface area contributed by atoms with Crippen molar-refractivity contribution in [2.45, 2.75) is 45.3 Å². The lowest BCUT2D eigenvalue weighted by Crippen LogP contribution is -2.29. The molecule has 0 radical (unpaired) electrons. The van der Waals surface area contributed by atoms with Gasteiger partial charge in [0.25, 0.3) is 11.7 Å². The lowest BCUT2D eigenvalue weighted by molar-refractivity contribution is -0.137. The zero-order valence-corrected chi connectivity index (χ0v) is 22.8. The predicted octanol–water partition coefficient (Wildman–Crippen LogP) is 7.04. The quantitative estimate of drug-likeness (QED) is 0.201. The average Bonchev–Trinajstić information content (AvgIpc) is 3.17. The predicted molar refractivity (Wildman–Crippen MR) is 146 cm³/mol. The maximum absolute atomic E-state index is 13.5. The molecule has 9 heteroatoms. The maximum atomic E-state index is 13.5. The minimum atomic E-state index is -4.57. The van der Waals surface area contributed by atoms with E-state index < -0.39 is 35.2 Å². The fraction of sp³-hybridized carbons (Fsp3) is 0.290. The highest BCUT2D eigenvalue weighted by Crippen LogP contribution is 2.44. The zero-order chi connectivity index (χ0) is 29.4. The second kappa shape index (κ2) is 10.7. The van der Waals surface area contributed by atoms with Crippen LogP contribution in [0.5, 0.6) is 11.5 Å². The van der Waals surface area contributed by atoms with E-state index >= 15 is 0 Å². The van der Waals surface area contributed by atoms with Crippen LogP contribution in [0.3, 0.4) is 0 Å². The molecule has 0 saturated carbocycles. The van der Waals surface area contributed by atoms with Crippen LogP contribution < -0.4 is 14.4 Å². The number of methoxy groups -OCH3 is 1. The number of carbonyl (C=O) groups is 2. The SMILES string of the molecule is CCOc1ccc(/C(O)=C2/C(=O)C(=O)N(c3ccc(C(F)(F)F)cc3)C2c2cccc(OC)c2)cc1C(C)(C)C. The second-order valence-corrected chi connectivity index (χ2v) is 10.4. The van der Waals surface area contributed by atoms with Gasteiger partial charge in [-0.15, -0.1) is 0 Å². The van der Waals surface area contributed by atoms with Crippen molar-refractivity contribution in [2.24, 2.45) is 0 Å². The van der Waals surface area contributed by atoms with Crippen molar-refractivity contribution in [3.05, 3.63) is 94.6 Å². The van der Waals surface area contributed by atoms with Crippen molar-refractivity contribution in [3.8, 4) is 11.5 Å². The van der Waals surface area contributed by atoms with Crippen LogP contribution in [0.2, 0.25) is 0 Å². The first kappa shape index (κ1) is 28.7. The molecule has 210 valence electrons. The van der Waals surface area contributed by atoms with Crippen LogP contribution in [0.4, 0.5) is 18.9 Å². The molecular weight excluding hydrogens is 523 g/mol. The van der Waals surface area contributed by atoms with Crippen LogP contribution in [0.1, 0.15) is 56.0 Å². The summed E-state index contributed by atoms with van der Waals surface area (Å²) >= 11 is 0. The molecule has 40 heavy (non-hydrogen) atoms. The van der Waals surface area contributed by atoms with Gasteiger partial charge in [0.2, 0.25) is 0 Å². The van der Waals surface area contributed by atoms with Crippen molar-refractivity contribution in [3.63, 3.8) is 0 Å². The van der Waals surface area contributed by atoms with Gasteiger partial charge in [-0.25, -0.2) is 0 Å². The minimum absolute atomic E-state index is 0.0732. The van der Waals surface area contributed by atoms with Crippen molar-refractivity contribution in [1.29, 1.82) is 0 Å². The first-order chi connectivity index (χ1) is 18.8. The van der Waals surface area contributed by atoms with E-state index in [0.29, 0.717) is 29.2 Å². The number of rotatable bonds is 6. The molecule has 1 N–H and O–H groups in total. The first-order valence-corrected chi connectivity index (χ1v) is 12.7. The minimum Gasteiger partial charge on any atom is -0.507 e. The van der Waals surface area contributed by atoms with Gasteiger partial charge in [0.05, 0.1) is 30.9 Å². The van der Waals surface area contributed by atoms with Gasteiger partial charge >= 0.3 is 6.18 Å². The Balaban J connectivity index is 1.94. The molecule has 1 atom stereocenters. The molecule has 3 aromatic carbocycles. The number of hydrogen-bond acceptors (Lipinski definition) is 5. The van der Waals surface area contributed by atoms with Gasteiger partial charge in [-0.2, -0.15) is 13.2 Å². The normalized spacial score (nSPS) is 17.3. The smallest absolute Gasteiger partial charge is 0.416 e. The largest absolute Gasteiger partial charge is 0.507 e. The van der Waals surface area contributed by atoms with Crippen molar-refractivity contribution in [2.75, 3.05) is 18.6 Å². The van der Waals surface area contributed by atoms with Gasteiger partial charge in [0.1, 0.15) is 17.3 Å². The van der Waals surface area contributed by atoms with Gasteiger partial charge in [-0.3, -0.25) is 14.5 Å². The Hall–Kier alpha value is -4.27. The standard InChI is InChI=1S/C31H30F3NO5/c1-6-40-24-15-10-19(17-23(24)30(2,3)4)27(36)25-26(18-8-7-9-22(16-18)39-5)35(29(38)28(25)37)21-13-11-20(12-14-21)31(32,33)34/h7-17,26,36H,6H2,1-5H3/b27-25-. The molecule has 4 rings (SSSR count). The highest BCUT2D eigenvalue weighted by atomic mass is 19.4. The number of aliphatic hydroxyl groups excluding tert-OH is 1. The van der Waals surface area contributed by atoms with Crippen LogP contribution >= 0.6 is 0 Å². The molecule has 0 spiro atoms. The highest BCUT2D eigenvalue weighted by Gasteiger charge is 2.47. The number of halogens is 3. The number of anilines is 1. The van der Waals surface area contributed by atoms with Crippen molar-refractivity contribution >= 4 is 23.1 Å². The summed E-state index contributed by atoms with van der Waals surface area (Å²) in [7, 11) is 1.46. The third-order valence-corrected chi connectivity index (χ3v) is 6.69. The number of benzene rings is 3. The Labute approximate surface area is 230 Å². The van der Waals surface area contributed by atoms with E-state index in [4.69, 9.17) is 9.47 Å². The van der Waals surface area contributed by atoms with E-state index in [1.54, 1.807) is 42.5 Å². The van der Waals surface area contributed by atoms with E-state index in [1.807, 2.05) is 27.7 Å². The number of ketones is 1. The Morgan fingerprint density at radius 1 is 0.975 bits per heavy atom. The number of Topliss-reactive ketones (excluding diaryl/α,β-unsaturated/α-hetero) is 1. The number of ether oxygens (including phenoxy) is 2. The molecule has 1 fully saturated rings. The topological polar surface area (TPSA) is 76.1 Å². The lowest BCUT2D eigenvalue weighted by atomic mass is 9.84. The second-order valence-electron chi connectivity index (χ2n) is 10.4. The van der Waals surface area contributed by atoms with Crippen molar-refractivity contribution < 1.29 is 37.3 Å². The summed E-state index contributed by atoms with van der Waals surface area (Å²) in [5.74, 6) is -1.28. The maximum Gasteiger partial charge on any atom is 0.416 e. The van der Waals surface area contributed by atoms with E-state index in [2.05, 4.69) is 0 Å². The highest BCUT2D eigenvalue weighted by molar-refractivity contribution is 6.51. The van der Waals surface area contributed by atoms with Crippen molar-refractivity contribution in [1.82, 2.24) is 0 Å². The average molecular weight is 554 g/mol. The number of nitrogens with zero attached hydrogens (tertiary/aromatic N) is 1. The number of amides is 1. The molecular formula is C31H30F3NO5. The molecule has 0 bridgehead atoms. The van der Waals surface area contributed by atoms with Gasteiger partial charge in [-0.05, 0) is 72.5 Å². The molecule has 1 heterocycles. The Morgan fingerprint density at radius 2 is 1.65 bits per heavy atom. The first-order valence-electron chi connectivity index (χ1n) is 12.7. The zero-order valence-electron chi connectivity index (χ0n) is 22.8. The van der Waals surface area contributed by atoms with E-state index in [0.717, 1.165) is 34.7 Å². The van der Waals surface area contributed by atoms with E-state index in [9.17, 15) is 27.9 Å². The molecule has 6 nitrogen and oxygen atoms in total. The fourth-order valence-corrected chi connectivity index (χ4v) is 4.74. The number of aliphatic hydroxyl groups is 1. The van der Waals surface area contributed by atoms with Gasteiger partial charge in [0, 0.05) is 16.8 Å². The summed E-state index contributed by atoms with van der Waals surface area (Å²) in [4.78, 5) is 28.0. The Kier molecular flexibility index (Phi) is 7.70. The van der Waals surface area contributed by atoms with Crippen LogP contribution in [0.25, 0.3) is 5.76 Å². The molecule has 0 aliphatic carbocycles. The summed E-state index contributed by atoms with van der Waals surface area (Å²) in [6.45, 7) is 8.23. The monoisotopic (exact) mass is 553 g/mol. The van der Waals surface area contributed by atoms with Crippen LogP contribution in [-0.4, -0.2) is 30.5 Å². The summed E-state index contributed by atoms with van der Waals surface area (Å²) in [6, 6.07) is 14.5. The summed E-state index contributed by atoms with van der Waals surface area (Å²) in [6.07, 6.45) is -4.57. The summed E-state index contributed by atoms with van der Waals surface area (Å²) in [5.41, 5.74) is 0.127. The van der Waals surface area contributed by atoms with Gasteiger partial charge in [0.15, 0.2) is 0 Å². The summed E-state index contributed by atoms with van der Waals surface area (Å²) in [5, 5.41) is 11.6. The number of hydrogen-bond donors (Lipinski definition) is 1. The lowest BCUT2D eigenvalue weighted by Gasteiger charge is -2.26. The van der Waals surface area contributed by atoms with Crippen LogP contribution in [0, 0.1) is 0 Å². The Morgan fingerprint density at radius 3 is 2.23 bits per heavy atom. The molecule has 1 unspecified atom stereocenters. The molecule has 3 aromatic rings. The molecule has 0 aromatic heterocycles. The third kappa shape index (κ3) is 5.41. The molecule has 1 saturated heterocycles. The van der Waals surface area contributed by atoms with Crippen LogP contribution in [0.15, 0.2) is 72.3 Å². The molecule has 1 aliphatic heterocycles. The molecule has 1 aliphatic rings. The Bertz CT molecular complexity index is 1470. The third-order valence-electron chi connectivity index (χ3n) is 6.69. The summed E-state index contributed by atoms with van der Waals surface area (Å²) < 4.78 is 50.7. The molecule has 1 amide bonds. The van der Waals surface area contributed by atoms with Crippen LogP contribution in [-0.2, 0) is 21.2 Å². The van der Waals surface area contributed by atoms with E-state index in [1.165, 1.54) is 7.11 Å². The van der Waals surface area contributed by atoms with E-state index in [-0.39, 0.29) is 16.7 Å². The number of alkyl halides is 3. The van der Waals surface area contributed by atoms with Gasteiger partial charge in [-0.1, -0.05) is 32.9 Å².